The van der Waals surface area contributed by atoms with Gasteiger partial charge in [-0.25, -0.2) is 0 Å². The van der Waals surface area contributed by atoms with Gasteiger partial charge in [0.05, 0.1) is 6.61 Å². The quantitative estimate of drug-likeness (QED) is 0.848. The topological polar surface area (TPSA) is 50.4 Å². The second-order valence-electron chi connectivity index (χ2n) is 6.60. The maximum absolute atomic E-state index is 12.1. The van der Waals surface area contributed by atoms with Gasteiger partial charge in [-0.15, -0.1) is 0 Å². The van der Waals surface area contributed by atoms with Crippen LogP contribution >= 0.6 is 0 Å². The van der Waals surface area contributed by atoms with Crippen molar-refractivity contribution in [2.75, 3.05) is 31.6 Å². The second kappa shape index (κ2) is 8.18. The van der Waals surface area contributed by atoms with E-state index in [1.165, 1.54) is 6.42 Å². The molecule has 0 aliphatic carbocycles. The summed E-state index contributed by atoms with van der Waals surface area (Å²) in [6.45, 7) is 9.61. The summed E-state index contributed by atoms with van der Waals surface area (Å²) in [5, 5.41) is 6.44. The third-order valence-electron chi connectivity index (χ3n) is 4.00. The van der Waals surface area contributed by atoms with Crippen molar-refractivity contribution in [3.05, 3.63) is 29.3 Å². The Morgan fingerprint density at radius 2 is 2.23 bits per heavy atom. The molecular weight excluding hydrogens is 276 g/mol. The van der Waals surface area contributed by atoms with Crippen LogP contribution in [0.2, 0.25) is 0 Å². The minimum Gasteiger partial charge on any atom is -0.384 e. The number of carbonyl (C=O) groups is 1. The van der Waals surface area contributed by atoms with Gasteiger partial charge < -0.3 is 15.4 Å². The molecule has 0 spiro atoms. The molecule has 1 fully saturated rings. The lowest BCUT2D eigenvalue weighted by molar-refractivity contribution is 0.0595. The molecule has 1 heterocycles. The molecule has 0 radical (unpaired) electrons. The van der Waals surface area contributed by atoms with Crippen molar-refractivity contribution in [1.29, 1.82) is 0 Å². The minimum absolute atomic E-state index is 0.00373. The summed E-state index contributed by atoms with van der Waals surface area (Å²) in [6, 6.07) is 5.85. The molecule has 1 aliphatic heterocycles. The van der Waals surface area contributed by atoms with Crippen molar-refractivity contribution in [2.45, 2.75) is 33.6 Å². The highest BCUT2D eigenvalue weighted by atomic mass is 16.5. The molecule has 2 N–H and O–H groups in total. The first-order valence-corrected chi connectivity index (χ1v) is 8.26. The van der Waals surface area contributed by atoms with Crippen molar-refractivity contribution in [3.8, 4) is 0 Å². The Morgan fingerprint density at radius 1 is 1.41 bits per heavy atom. The number of amides is 1. The first-order chi connectivity index (χ1) is 10.6. The van der Waals surface area contributed by atoms with E-state index in [-0.39, 0.29) is 5.91 Å². The van der Waals surface area contributed by atoms with E-state index in [1.807, 2.05) is 25.1 Å². The lowest BCUT2D eigenvalue weighted by atomic mass is 10.0. The van der Waals surface area contributed by atoms with Crippen LogP contribution in [-0.2, 0) is 4.74 Å². The van der Waals surface area contributed by atoms with Crippen LogP contribution in [0.15, 0.2) is 18.2 Å². The minimum atomic E-state index is 0.00373. The van der Waals surface area contributed by atoms with E-state index in [0.29, 0.717) is 18.4 Å². The van der Waals surface area contributed by atoms with Gasteiger partial charge in [0, 0.05) is 30.9 Å². The van der Waals surface area contributed by atoms with Gasteiger partial charge in [0.25, 0.3) is 5.91 Å². The highest BCUT2D eigenvalue weighted by molar-refractivity contribution is 5.94. The van der Waals surface area contributed by atoms with Gasteiger partial charge in [0.1, 0.15) is 0 Å². The summed E-state index contributed by atoms with van der Waals surface area (Å²) in [6.07, 6.45) is 2.38. The molecular formula is C18H28N2O2. The molecule has 122 valence electrons. The van der Waals surface area contributed by atoms with E-state index in [2.05, 4.69) is 24.5 Å². The molecule has 4 heteroatoms. The van der Waals surface area contributed by atoms with E-state index < -0.39 is 0 Å². The summed E-state index contributed by atoms with van der Waals surface area (Å²) < 4.78 is 5.50. The maximum atomic E-state index is 12.1. The van der Waals surface area contributed by atoms with Crippen molar-refractivity contribution in [2.24, 2.45) is 11.8 Å². The Balaban J connectivity index is 1.89. The Kier molecular flexibility index (Phi) is 6.25. The number of nitrogens with one attached hydrogen (secondary N) is 2. The molecule has 1 aliphatic rings. The summed E-state index contributed by atoms with van der Waals surface area (Å²) in [5.41, 5.74) is 2.93. The Labute approximate surface area is 133 Å². The third-order valence-corrected chi connectivity index (χ3v) is 4.00. The highest BCUT2D eigenvalue weighted by Crippen LogP contribution is 2.19. The molecule has 1 amide bonds. The number of carbonyl (C=O) groups excluding carboxylic acids is 1. The Bertz CT molecular complexity index is 494. The van der Waals surface area contributed by atoms with Crippen LogP contribution in [0.4, 0.5) is 5.69 Å². The van der Waals surface area contributed by atoms with Crippen LogP contribution in [-0.4, -0.2) is 32.2 Å². The molecule has 1 atom stereocenters. The van der Waals surface area contributed by atoms with Gasteiger partial charge in [-0.05, 0) is 55.4 Å². The average Bonchev–Trinajstić information content (AvgIpc) is 2.52. The smallest absolute Gasteiger partial charge is 0.251 e. The number of ether oxygens (including phenoxy) is 1. The zero-order valence-electron chi connectivity index (χ0n) is 13.9. The molecule has 0 aromatic heterocycles. The number of rotatable bonds is 6. The molecule has 2 rings (SSSR count). The molecule has 1 saturated heterocycles. The molecule has 0 bridgehead atoms. The van der Waals surface area contributed by atoms with Gasteiger partial charge in [-0.1, -0.05) is 13.8 Å². The van der Waals surface area contributed by atoms with Gasteiger partial charge >= 0.3 is 0 Å². The SMILES string of the molecule is Cc1cc(C(=O)NCC(C)C)ccc1NCC1CCCOC1. The van der Waals surface area contributed by atoms with E-state index in [1.54, 1.807) is 0 Å². The van der Waals surface area contributed by atoms with E-state index in [0.717, 1.165) is 43.0 Å². The molecule has 0 saturated carbocycles. The average molecular weight is 304 g/mol. The fourth-order valence-corrected chi connectivity index (χ4v) is 2.62. The third kappa shape index (κ3) is 5.02. The maximum Gasteiger partial charge on any atom is 0.251 e. The molecule has 1 aromatic rings. The summed E-state index contributed by atoms with van der Waals surface area (Å²) in [5.74, 6) is 1.05. The van der Waals surface area contributed by atoms with Gasteiger partial charge in [-0.3, -0.25) is 4.79 Å². The van der Waals surface area contributed by atoms with Crippen LogP contribution in [0, 0.1) is 18.8 Å². The van der Waals surface area contributed by atoms with Gasteiger partial charge in [0.2, 0.25) is 0 Å². The van der Waals surface area contributed by atoms with Gasteiger partial charge in [0.15, 0.2) is 0 Å². The van der Waals surface area contributed by atoms with Crippen molar-refractivity contribution < 1.29 is 9.53 Å². The van der Waals surface area contributed by atoms with Crippen molar-refractivity contribution in [1.82, 2.24) is 5.32 Å². The molecule has 4 nitrogen and oxygen atoms in total. The van der Waals surface area contributed by atoms with Crippen LogP contribution in [0.25, 0.3) is 0 Å². The number of aryl methyl sites for hydroxylation is 1. The number of benzene rings is 1. The number of hydrogen-bond acceptors (Lipinski definition) is 3. The zero-order chi connectivity index (χ0) is 15.9. The van der Waals surface area contributed by atoms with Crippen molar-refractivity contribution in [3.63, 3.8) is 0 Å². The fraction of sp³-hybridized carbons (Fsp3) is 0.611. The summed E-state index contributed by atoms with van der Waals surface area (Å²) in [4.78, 5) is 12.1. The molecule has 1 aromatic carbocycles. The largest absolute Gasteiger partial charge is 0.384 e. The zero-order valence-corrected chi connectivity index (χ0v) is 13.9. The summed E-state index contributed by atoms with van der Waals surface area (Å²) in [7, 11) is 0. The highest BCUT2D eigenvalue weighted by Gasteiger charge is 2.14. The second-order valence-corrected chi connectivity index (χ2v) is 6.60. The predicted octanol–water partition coefficient (Wildman–Crippen LogP) is 3.22. The van der Waals surface area contributed by atoms with Crippen LogP contribution < -0.4 is 10.6 Å². The van der Waals surface area contributed by atoms with Crippen LogP contribution in [0.1, 0.15) is 42.6 Å². The standard InChI is InChI=1S/C18H28N2O2/c1-13(2)10-20-18(21)16-6-7-17(14(3)9-16)19-11-15-5-4-8-22-12-15/h6-7,9,13,15,19H,4-5,8,10-12H2,1-3H3,(H,20,21). The predicted molar refractivity (Wildman–Crippen MR) is 90.4 cm³/mol. The number of hydrogen-bond donors (Lipinski definition) is 2. The van der Waals surface area contributed by atoms with E-state index in [4.69, 9.17) is 4.74 Å². The fourth-order valence-electron chi connectivity index (χ4n) is 2.62. The normalized spacial score (nSPS) is 18.3. The number of anilines is 1. The first-order valence-electron chi connectivity index (χ1n) is 8.26. The molecule has 1 unspecified atom stereocenters. The Hall–Kier alpha value is -1.55. The monoisotopic (exact) mass is 304 g/mol. The summed E-state index contributed by atoms with van der Waals surface area (Å²) >= 11 is 0. The van der Waals surface area contributed by atoms with Crippen molar-refractivity contribution >= 4 is 11.6 Å². The van der Waals surface area contributed by atoms with Crippen LogP contribution in [0.3, 0.4) is 0 Å². The van der Waals surface area contributed by atoms with Gasteiger partial charge in [-0.2, -0.15) is 0 Å². The van der Waals surface area contributed by atoms with E-state index >= 15 is 0 Å². The lowest BCUT2D eigenvalue weighted by Crippen LogP contribution is -2.27. The van der Waals surface area contributed by atoms with E-state index in [9.17, 15) is 4.79 Å². The molecule has 22 heavy (non-hydrogen) atoms. The first kappa shape index (κ1) is 16.8. The van der Waals surface area contributed by atoms with Crippen LogP contribution in [0.5, 0.6) is 0 Å². The Morgan fingerprint density at radius 3 is 2.86 bits per heavy atom. The lowest BCUT2D eigenvalue weighted by Gasteiger charge is -2.23.